The monoisotopic (exact) mass is 357 g/mol. The number of carbonyl (C=O) groups is 3. The van der Waals surface area contributed by atoms with E-state index in [9.17, 15) is 14.4 Å². The molecule has 1 aromatic heterocycles. The van der Waals surface area contributed by atoms with Crippen LogP contribution in [0.25, 0.3) is 0 Å². The Morgan fingerprint density at radius 1 is 1.28 bits per heavy atom. The number of nitrogens with one attached hydrogen (secondary N) is 2. The zero-order valence-corrected chi connectivity index (χ0v) is 13.6. The minimum absolute atomic E-state index is 0.0556. The molecule has 1 aromatic rings. The van der Waals surface area contributed by atoms with Gasteiger partial charge in [-0.3, -0.25) is 4.79 Å². The number of nitrogens with zero attached hydrogens (tertiary/aromatic N) is 2. The summed E-state index contributed by atoms with van der Waals surface area (Å²) >= 11 is 0. The summed E-state index contributed by atoms with van der Waals surface area (Å²) in [4.78, 5) is 37.6. The van der Waals surface area contributed by atoms with Crippen molar-refractivity contribution in [2.75, 3.05) is 6.54 Å². The molecule has 0 aliphatic rings. The number of aliphatic carboxylic acids is 1. The van der Waals surface area contributed by atoms with Gasteiger partial charge in [-0.25, -0.2) is 9.59 Å². The number of amides is 3. The molecule has 12 heteroatoms. The lowest BCUT2D eigenvalue weighted by Crippen LogP contribution is -2.45. The Kier molecular flexibility index (Phi) is 8.29. The van der Waals surface area contributed by atoms with Crippen molar-refractivity contribution in [3.05, 3.63) is 11.7 Å². The summed E-state index contributed by atoms with van der Waals surface area (Å²) in [7, 11) is 0. The normalized spacial score (nSPS) is 13.0. The van der Waals surface area contributed by atoms with E-state index >= 15 is 0 Å². The highest BCUT2D eigenvalue weighted by Gasteiger charge is 2.20. The van der Waals surface area contributed by atoms with E-state index in [0.29, 0.717) is 19.4 Å². The van der Waals surface area contributed by atoms with Crippen molar-refractivity contribution in [2.24, 2.45) is 17.2 Å². The smallest absolute Gasteiger partial charge is 0.326 e. The molecule has 25 heavy (non-hydrogen) atoms. The Morgan fingerprint density at radius 3 is 2.60 bits per heavy atom. The van der Waals surface area contributed by atoms with E-state index in [-0.39, 0.29) is 31.1 Å². The summed E-state index contributed by atoms with van der Waals surface area (Å²) in [6, 6.07) is -2.52. The van der Waals surface area contributed by atoms with Crippen LogP contribution >= 0.6 is 0 Å². The number of carboxylic acids is 1. The number of primary amides is 1. The van der Waals surface area contributed by atoms with Gasteiger partial charge >= 0.3 is 12.0 Å². The molecule has 1 rings (SSSR count). The third-order valence-electron chi connectivity index (χ3n) is 3.19. The number of rotatable bonds is 11. The number of carbonyl (C=O) groups excluding carboxylic acids is 2. The Bertz CT molecular complexity index is 591. The van der Waals surface area contributed by atoms with Gasteiger partial charge in [0.05, 0.1) is 12.6 Å². The number of carboxylic acid groups (broad SMARTS) is 1. The molecule has 1 heterocycles. The zero-order chi connectivity index (χ0) is 18.8. The second-order valence-electron chi connectivity index (χ2n) is 5.33. The molecule has 0 saturated carbocycles. The Morgan fingerprint density at radius 2 is 2.00 bits per heavy atom. The molecule has 0 aliphatic heterocycles. The third-order valence-corrected chi connectivity index (χ3v) is 3.19. The van der Waals surface area contributed by atoms with Crippen molar-refractivity contribution in [1.82, 2.24) is 20.8 Å². The van der Waals surface area contributed by atoms with Gasteiger partial charge in [0.15, 0.2) is 5.82 Å². The molecular formula is C13H23N7O5. The number of unbranched alkanes of at least 4 members (excludes halogenated alkanes) is 1. The first-order chi connectivity index (χ1) is 11.8. The Hall–Kier alpha value is -2.73. The molecule has 9 N–H and O–H groups in total. The molecule has 0 saturated heterocycles. The van der Waals surface area contributed by atoms with Gasteiger partial charge in [0.25, 0.3) is 0 Å². The minimum Gasteiger partial charge on any atom is -0.480 e. The second kappa shape index (κ2) is 10.2. The zero-order valence-electron chi connectivity index (χ0n) is 13.6. The van der Waals surface area contributed by atoms with Gasteiger partial charge < -0.3 is 37.5 Å². The molecule has 0 aromatic carbocycles. The quantitative estimate of drug-likeness (QED) is 0.249. The van der Waals surface area contributed by atoms with Crippen molar-refractivity contribution < 1.29 is 24.0 Å². The maximum absolute atomic E-state index is 11.8. The fraction of sp³-hybridized carbons (Fsp3) is 0.615. The number of hydrogen-bond acceptors (Lipinski definition) is 8. The topological polar surface area (TPSA) is 212 Å². The van der Waals surface area contributed by atoms with Gasteiger partial charge in [0, 0.05) is 6.42 Å². The molecular weight excluding hydrogens is 334 g/mol. The van der Waals surface area contributed by atoms with Gasteiger partial charge in [0.2, 0.25) is 11.8 Å². The van der Waals surface area contributed by atoms with Gasteiger partial charge in [-0.05, 0) is 25.8 Å². The molecule has 0 spiro atoms. The molecule has 0 aliphatic carbocycles. The van der Waals surface area contributed by atoms with Gasteiger partial charge in [-0.1, -0.05) is 5.16 Å². The largest absolute Gasteiger partial charge is 0.480 e. The maximum Gasteiger partial charge on any atom is 0.326 e. The van der Waals surface area contributed by atoms with E-state index in [2.05, 4.69) is 20.8 Å². The lowest BCUT2D eigenvalue weighted by molar-refractivity contribution is -0.139. The predicted molar refractivity (Wildman–Crippen MR) is 84.7 cm³/mol. The number of nitrogens with two attached hydrogens (primary N) is 3. The second-order valence-corrected chi connectivity index (χ2v) is 5.33. The molecule has 0 fully saturated rings. The van der Waals surface area contributed by atoms with Crippen LogP contribution in [0.15, 0.2) is 4.52 Å². The summed E-state index contributed by atoms with van der Waals surface area (Å²) in [6.45, 7) is 0.327. The highest BCUT2D eigenvalue weighted by Crippen LogP contribution is 2.09. The Balaban J connectivity index is 2.46. The van der Waals surface area contributed by atoms with Crippen molar-refractivity contribution in [3.8, 4) is 0 Å². The molecule has 12 nitrogen and oxygen atoms in total. The standard InChI is InChI=1S/C13H23N7O5/c14-4-2-1-3-8(12(22)23)18-13(24)17-6-10-19-11(20-25-10)7(15)5-9(16)21/h7-8H,1-6,14-15H2,(H2,16,21)(H,22,23)(H2,17,18,24). The number of hydrogen-bond donors (Lipinski definition) is 6. The van der Waals surface area contributed by atoms with E-state index < -0.39 is 30.0 Å². The molecule has 0 radical (unpaired) electrons. The van der Waals surface area contributed by atoms with Crippen LogP contribution in [0.3, 0.4) is 0 Å². The van der Waals surface area contributed by atoms with E-state index in [1.807, 2.05) is 0 Å². The molecule has 140 valence electrons. The van der Waals surface area contributed by atoms with Crippen molar-refractivity contribution in [3.63, 3.8) is 0 Å². The van der Waals surface area contributed by atoms with Crippen LogP contribution < -0.4 is 27.8 Å². The SMILES string of the molecule is NCCCCC(NC(=O)NCc1nc(C(N)CC(N)=O)no1)C(=O)O. The number of aromatic nitrogens is 2. The van der Waals surface area contributed by atoms with Crippen LogP contribution in [-0.2, 0) is 16.1 Å². The lowest BCUT2D eigenvalue weighted by atomic mass is 10.1. The van der Waals surface area contributed by atoms with Gasteiger partial charge in [0.1, 0.15) is 6.04 Å². The summed E-state index contributed by atoms with van der Waals surface area (Å²) < 4.78 is 4.88. The minimum atomic E-state index is -1.13. The van der Waals surface area contributed by atoms with Gasteiger partial charge in [-0.15, -0.1) is 0 Å². The van der Waals surface area contributed by atoms with Crippen LogP contribution in [0.1, 0.15) is 43.4 Å². The molecule has 2 unspecified atom stereocenters. The highest BCUT2D eigenvalue weighted by molar-refractivity contribution is 5.82. The average Bonchev–Trinajstić information content (AvgIpc) is 3.00. The summed E-state index contributed by atoms with van der Waals surface area (Å²) in [5.74, 6) is -1.60. The first kappa shape index (κ1) is 20.3. The van der Waals surface area contributed by atoms with Crippen LogP contribution in [0.2, 0.25) is 0 Å². The molecule has 0 bridgehead atoms. The highest BCUT2D eigenvalue weighted by atomic mass is 16.5. The average molecular weight is 357 g/mol. The summed E-state index contributed by atoms with van der Waals surface area (Å²) in [6.07, 6.45) is 1.38. The van der Waals surface area contributed by atoms with E-state index in [1.54, 1.807) is 0 Å². The van der Waals surface area contributed by atoms with E-state index in [4.69, 9.17) is 26.8 Å². The lowest BCUT2D eigenvalue weighted by Gasteiger charge is -2.14. The van der Waals surface area contributed by atoms with Crippen molar-refractivity contribution in [1.29, 1.82) is 0 Å². The third kappa shape index (κ3) is 7.58. The first-order valence-electron chi connectivity index (χ1n) is 7.67. The molecule has 3 amide bonds. The van der Waals surface area contributed by atoms with Crippen molar-refractivity contribution >= 4 is 17.9 Å². The first-order valence-corrected chi connectivity index (χ1v) is 7.67. The predicted octanol–water partition coefficient (Wildman–Crippen LogP) is -1.67. The fourth-order valence-electron chi connectivity index (χ4n) is 1.91. The van der Waals surface area contributed by atoms with E-state index in [0.717, 1.165) is 0 Å². The van der Waals surface area contributed by atoms with Gasteiger partial charge in [-0.2, -0.15) is 4.98 Å². The maximum atomic E-state index is 11.8. The fourth-order valence-corrected chi connectivity index (χ4v) is 1.91. The van der Waals surface area contributed by atoms with Crippen LogP contribution in [-0.4, -0.2) is 45.7 Å². The van der Waals surface area contributed by atoms with Crippen LogP contribution in [0.5, 0.6) is 0 Å². The van der Waals surface area contributed by atoms with Crippen molar-refractivity contribution in [2.45, 2.75) is 44.3 Å². The van der Waals surface area contributed by atoms with Crippen LogP contribution in [0.4, 0.5) is 4.79 Å². The summed E-state index contributed by atoms with van der Waals surface area (Å²) in [5, 5.41) is 17.4. The Labute approximate surface area is 143 Å². The number of urea groups is 1. The van der Waals surface area contributed by atoms with E-state index in [1.165, 1.54) is 0 Å². The molecule has 2 atom stereocenters. The van der Waals surface area contributed by atoms with Crippen LogP contribution in [0, 0.1) is 0 Å². The summed E-state index contributed by atoms with van der Waals surface area (Å²) in [5.41, 5.74) is 16.0.